The van der Waals surface area contributed by atoms with Gasteiger partial charge in [-0.25, -0.2) is 0 Å². The molecule has 1 amide bonds. The third-order valence-electron chi connectivity index (χ3n) is 4.32. The first-order valence-corrected chi connectivity index (χ1v) is 7.77. The molecule has 2 aliphatic rings. The van der Waals surface area contributed by atoms with Gasteiger partial charge < -0.3 is 9.64 Å². The third-order valence-corrected chi connectivity index (χ3v) is 4.32. The number of carbonyl (C=O) groups excluding carboxylic acids is 1. The smallest absolute Gasteiger partial charge is 0.241 e. The normalized spacial score (nSPS) is 29.5. The van der Waals surface area contributed by atoms with E-state index in [1.807, 2.05) is 0 Å². The van der Waals surface area contributed by atoms with Gasteiger partial charge in [0.25, 0.3) is 0 Å². The summed E-state index contributed by atoms with van der Waals surface area (Å²) in [7, 11) is 0. The molecule has 2 atom stereocenters. The molecule has 2 saturated heterocycles. The zero-order chi connectivity index (χ0) is 13.8. The molecule has 4 nitrogen and oxygen atoms in total. The molecule has 0 aromatic carbocycles. The van der Waals surface area contributed by atoms with Crippen molar-refractivity contribution in [1.82, 2.24) is 10.2 Å². The predicted octanol–water partition coefficient (Wildman–Crippen LogP) is 2.00. The van der Waals surface area contributed by atoms with Crippen molar-refractivity contribution in [3.63, 3.8) is 0 Å². The molecule has 0 aliphatic carbocycles. The van der Waals surface area contributed by atoms with Crippen LogP contribution >= 0.6 is 0 Å². The van der Waals surface area contributed by atoms with E-state index in [1.165, 1.54) is 0 Å². The quantitative estimate of drug-likeness (QED) is 0.829. The van der Waals surface area contributed by atoms with Gasteiger partial charge in [0.15, 0.2) is 0 Å². The fourth-order valence-corrected chi connectivity index (χ4v) is 3.12. The highest BCUT2D eigenvalue weighted by Crippen LogP contribution is 2.24. The number of hydrogen-bond donors (Lipinski definition) is 1. The Labute approximate surface area is 116 Å². The Morgan fingerprint density at radius 2 is 2.05 bits per heavy atom. The van der Waals surface area contributed by atoms with Gasteiger partial charge in [-0.1, -0.05) is 27.2 Å². The minimum Gasteiger partial charge on any atom is -0.381 e. The molecular formula is C15H28N2O2. The molecule has 0 bridgehead atoms. The standard InChI is InChI=1S/C15H28N2O2/c1-4-5-13-16-14(11(2)3)15(18)17(13)10-12-6-8-19-9-7-12/h11-14,16H,4-10H2,1-3H3. The van der Waals surface area contributed by atoms with Crippen LogP contribution < -0.4 is 5.32 Å². The van der Waals surface area contributed by atoms with E-state index in [2.05, 4.69) is 31.0 Å². The monoisotopic (exact) mass is 268 g/mol. The summed E-state index contributed by atoms with van der Waals surface area (Å²) in [5, 5.41) is 3.53. The molecule has 0 spiro atoms. The van der Waals surface area contributed by atoms with Crippen molar-refractivity contribution in [2.45, 2.75) is 58.7 Å². The van der Waals surface area contributed by atoms with Crippen LogP contribution in [0.15, 0.2) is 0 Å². The zero-order valence-electron chi connectivity index (χ0n) is 12.5. The summed E-state index contributed by atoms with van der Waals surface area (Å²) >= 11 is 0. The van der Waals surface area contributed by atoms with Crippen LogP contribution in [0.4, 0.5) is 0 Å². The molecule has 2 unspecified atom stereocenters. The minimum absolute atomic E-state index is 0.0105. The molecule has 4 heteroatoms. The first kappa shape index (κ1) is 14.8. The topological polar surface area (TPSA) is 41.6 Å². The Morgan fingerprint density at radius 1 is 1.37 bits per heavy atom. The summed E-state index contributed by atoms with van der Waals surface area (Å²) in [5.41, 5.74) is 0. The summed E-state index contributed by atoms with van der Waals surface area (Å²) in [6.45, 7) is 9.04. The third kappa shape index (κ3) is 3.48. The van der Waals surface area contributed by atoms with Crippen molar-refractivity contribution in [3.8, 4) is 0 Å². The van der Waals surface area contributed by atoms with Gasteiger partial charge in [0.2, 0.25) is 5.91 Å². The Morgan fingerprint density at radius 3 is 2.63 bits per heavy atom. The SMILES string of the molecule is CCCC1NC(C(C)C)C(=O)N1CC1CCOCC1. The number of nitrogens with zero attached hydrogens (tertiary/aromatic N) is 1. The maximum atomic E-state index is 12.5. The fraction of sp³-hybridized carbons (Fsp3) is 0.933. The number of ether oxygens (including phenoxy) is 1. The maximum Gasteiger partial charge on any atom is 0.241 e. The minimum atomic E-state index is 0.0105. The van der Waals surface area contributed by atoms with Crippen LogP contribution in [0, 0.1) is 11.8 Å². The molecule has 110 valence electrons. The highest BCUT2D eigenvalue weighted by molar-refractivity contribution is 5.84. The van der Waals surface area contributed by atoms with Gasteiger partial charge in [0, 0.05) is 19.8 Å². The lowest BCUT2D eigenvalue weighted by atomic mass is 9.99. The van der Waals surface area contributed by atoms with E-state index in [4.69, 9.17) is 4.74 Å². The summed E-state index contributed by atoms with van der Waals surface area (Å²) in [4.78, 5) is 14.6. The number of rotatable bonds is 5. The van der Waals surface area contributed by atoms with Gasteiger partial charge in [-0.2, -0.15) is 0 Å². The second-order valence-electron chi connectivity index (χ2n) is 6.24. The lowest BCUT2D eigenvalue weighted by molar-refractivity contribution is -0.131. The summed E-state index contributed by atoms with van der Waals surface area (Å²) in [6, 6.07) is 0.0105. The summed E-state index contributed by atoms with van der Waals surface area (Å²) < 4.78 is 5.41. The van der Waals surface area contributed by atoms with Crippen LogP contribution in [0.25, 0.3) is 0 Å². The largest absolute Gasteiger partial charge is 0.381 e. The van der Waals surface area contributed by atoms with E-state index >= 15 is 0 Å². The van der Waals surface area contributed by atoms with Crippen LogP contribution in [0.3, 0.4) is 0 Å². The molecule has 2 heterocycles. The molecule has 0 aromatic rings. The van der Waals surface area contributed by atoms with Crippen molar-refractivity contribution >= 4 is 5.91 Å². The molecule has 2 fully saturated rings. The van der Waals surface area contributed by atoms with E-state index in [0.29, 0.717) is 17.7 Å². The van der Waals surface area contributed by atoms with E-state index in [9.17, 15) is 4.79 Å². The van der Waals surface area contributed by atoms with Gasteiger partial charge >= 0.3 is 0 Å². The summed E-state index contributed by atoms with van der Waals surface area (Å²) in [6.07, 6.45) is 4.59. The first-order chi connectivity index (χ1) is 9.13. The Kier molecular flexibility index (Phi) is 5.22. The van der Waals surface area contributed by atoms with E-state index in [-0.39, 0.29) is 12.2 Å². The van der Waals surface area contributed by atoms with Crippen LogP contribution in [0.5, 0.6) is 0 Å². The van der Waals surface area contributed by atoms with Crippen LogP contribution in [-0.4, -0.2) is 42.8 Å². The van der Waals surface area contributed by atoms with E-state index in [0.717, 1.165) is 45.4 Å². The van der Waals surface area contributed by atoms with Gasteiger partial charge in [-0.15, -0.1) is 0 Å². The van der Waals surface area contributed by atoms with Crippen molar-refractivity contribution in [2.75, 3.05) is 19.8 Å². The second kappa shape index (κ2) is 6.71. The van der Waals surface area contributed by atoms with E-state index in [1.54, 1.807) is 0 Å². The van der Waals surface area contributed by atoms with Gasteiger partial charge in [0.05, 0.1) is 12.2 Å². The van der Waals surface area contributed by atoms with Crippen LogP contribution in [-0.2, 0) is 9.53 Å². The Bertz CT molecular complexity index is 301. The molecule has 19 heavy (non-hydrogen) atoms. The highest BCUT2D eigenvalue weighted by Gasteiger charge is 2.40. The number of hydrogen-bond acceptors (Lipinski definition) is 3. The molecule has 0 radical (unpaired) electrons. The molecule has 0 aromatic heterocycles. The average molecular weight is 268 g/mol. The second-order valence-corrected chi connectivity index (χ2v) is 6.24. The fourth-order valence-electron chi connectivity index (χ4n) is 3.12. The van der Waals surface area contributed by atoms with E-state index < -0.39 is 0 Å². The molecule has 2 rings (SSSR count). The van der Waals surface area contributed by atoms with Crippen molar-refractivity contribution in [1.29, 1.82) is 0 Å². The molecule has 0 saturated carbocycles. The predicted molar refractivity (Wildman–Crippen MR) is 75.7 cm³/mol. The van der Waals surface area contributed by atoms with Crippen LogP contribution in [0.2, 0.25) is 0 Å². The Hall–Kier alpha value is -0.610. The van der Waals surface area contributed by atoms with Gasteiger partial charge in [-0.05, 0) is 31.1 Å². The first-order valence-electron chi connectivity index (χ1n) is 7.77. The van der Waals surface area contributed by atoms with Crippen molar-refractivity contribution in [2.24, 2.45) is 11.8 Å². The van der Waals surface area contributed by atoms with Gasteiger partial charge in [-0.3, -0.25) is 10.1 Å². The molecular weight excluding hydrogens is 240 g/mol. The average Bonchev–Trinajstić information content (AvgIpc) is 2.70. The number of nitrogens with one attached hydrogen (secondary N) is 1. The molecule has 2 aliphatic heterocycles. The van der Waals surface area contributed by atoms with Crippen molar-refractivity contribution < 1.29 is 9.53 Å². The molecule has 1 N–H and O–H groups in total. The van der Waals surface area contributed by atoms with Crippen LogP contribution in [0.1, 0.15) is 46.5 Å². The van der Waals surface area contributed by atoms with Gasteiger partial charge in [0.1, 0.15) is 0 Å². The highest BCUT2D eigenvalue weighted by atomic mass is 16.5. The lowest BCUT2D eigenvalue weighted by Crippen LogP contribution is -2.41. The number of amides is 1. The maximum absolute atomic E-state index is 12.5. The Balaban J connectivity index is 1.99. The lowest BCUT2D eigenvalue weighted by Gasteiger charge is -2.30. The zero-order valence-corrected chi connectivity index (χ0v) is 12.5. The summed E-state index contributed by atoms with van der Waals surface area (Å²) in [5.74, 6) is 1.29. The number of carbonyl (C=O) groups is 1. The van der Waals surface area contributed by atoms with Crippen molar-refractivity contribution in [3.05, 3.63) is 0 Å².